The molecule has 0 atom stereocenters. The Hall–Kier alpha value is -3.06. The smallest absolute Gasteiger partial charge is 0.259 e. The first-order chi connectivity index (χ1) is 13.6. The Labute approximate surface area is 164 Å². The van der Waals surface area contributed by atoms with Crippen molar-refractivity contribution in [3.05, 3.63) is 53.6 Å². The fourth-order valence-electron chi connectivity index (χ4n) is 2.99. The monoisotopic (exact) mass is 384 g/mol. The van der Waals surface area contributed by atoms with Gasteiger partial charge in [0.25, 0.3) is 5.91 Å². The zero-order chi connectivity index (χ0) is 19.9. The molecule has 0 aromatic heterocycles. The largest absolute Gasteiger partial charge is 0.497 e. The number of rotatable bonds is 6. The highest BCUT2D eigenvalue weighted by Gasteiger charge is 2.17. The summed E-state index contributed by atoms with van der Waals surface area (Å²) in [6, 6.07) is 12.3. The number of ether oxygens (including phenoxy) is 3. The molecule has 2 aromatic rings. The van der Waals surface area contributed by atoms with Crippen LogP contribution in [0.4, 0.5) is 5.69 Å². The Balaban J connectivity index is 1.62. The second kappa shape index (κ2) is 9.23. The maximum absolute atomic E-state index is 12.6. The summed E-state index contributed by atoms with van der Waals surface area (Å²) in [7, 11) is 3.06. The summed E-state index contributed by atoms with van der Waals surface area (Å²) in [5.74, 6) is 0.854. The van der Waals surface area contributed by atoms with Crippen molar-refractivity contribution >= 4 is 17.5 Å². The Kier molecular flexibility index (Phi) is 6.49. The summed E-state index contributed by atoms with van der Waals surface area (Å²) >= 11 is 0. The van der Waals surface area contributed by atoms with E-state index in [1.165, 1.54) is 7.11 Å². The van der Waals surface area contributed by atoms with Gasteiger partial charge in [0.1, 0.15) is 11.5 Å². The van der Waals surface area contributed by atoms with Gasteiger partial charge < -0.3 is 24.4 Å². The molecule has 28 heavy (non-hydrogen) atoms. The van der Waals surface area contributed by atoms with Crippen LogP contribution in [0.3, 0.4) is 0 Å². The highest BCUT2D eigenvalue weighted by Crippen LogP contribution is 2.25. The van der Waals surface area contributed by atoms with Crippen LogP contribution < -0.4 is 14.8 Å². The standard InChI is InChI=1S/C21H24N2O5/c1-26-17-7-8-18(19(14-17)27-2)21(25)22-16-5-3-15(4-6-16)13-20(24)23-9-11-28-12-10-23/h3-8,14H,9-13H2,1-2H3,(H,22,25). The van der Waals surface area contributed by atoms with Crippen LogP contribution in [-0.4, -0.2) is 57.2 Å². The minimum atomic E-state index is -0.281. The first kappa shape index (κ1) is 19.7. The van der Waals surface area contributed by atoms with Crippen molar-refractivity contribution in [1.82, 2.24) is 4.90 Å². The lowest BCUT2D eigenvalue weighted by atomic mass is 10.1. The zero-order valence-electron chi connectivity index (χ0n) is 16.1. The van der Waals surface area contributed by atoms with Crippen LogP contribution in [0.1, 0.15) is 15.9 Å². The number of carbonyl (C=O) groups excluding carboxylic acids is 2. The molecular formula is C21H24N2O5. The summed E-state index contributed by atoms with van der Waals surface area (Å²) in [6.07, 6.45) is 0.334. The third-order valence-electron chi connectivity index (χ3n) is 4.58. The van der Waals surface area contributed by atoms with Gasteiger partial charge in [-0.05, 0) is 29.8 Å². The fourth-order valence-corrected chi connectivity index (χ4v) is 2.99. The number of amides is 2. The number of hydrogen-bond acceptors (Lipinski definition) is 5. The average molecular weight is 384 g/mol. The van der Waals surface area contributed by atoms with E-state index in [1.54, 1.807) is 37.4 Å². The zero-order valence-corrected chi connectivity index (χ0v) is 16.1. The number of anilines is 1. The third-order valence-corrected chi connectivity index (χ3v) is 4.58. The average Bonchev–Trinajstić information content (AvgIpc) is 2.75. The van der Waals surface area contributed by atoms with E-state index < -0.39 is 0 Å². The van der Waals surface area contributed by atoms with Gasteiger partial charge in [-0.25, -0.2) is 0 Å². The normalized spacial score (nSPS) is 13.7. The lowest BCUT2D eigenvalue weighted by molar-refractivity contribution is -0.134. The predicted octanol–water partition coefficient (Wildman–Crippen LogP) is 2.36. The van der Waals surface area contributed by atoms with Crippen LogP contribution in [0.25, 0.3) is 0 Å². The molecular weight excluding hydrogens is 360 g/mol. The molecule has 1 fully saturated rings. The van der Waals surface area contributed by atoms with E-state index in [1.807, 2.05) is 17.0 Å². The van der Waals surface area contributed by atoms with Gasteiger partial charge >= 0.3 is 0 Å². The van der Waals surface area contributed by atoms with Crippen molar-refractivity contribution in [2.75, 3.05) is 45.8 Å². The predicted molar refractivity (Wildman–Crippen MR) is 105 cm³/mol. The van der Waals surface area contributed by atoms with E-state index in [2.05, 4.69) is 5.32 Å². The summed E-state index contributed by atoms with van der Waals surface area (Å²) in [4.78, 5) is 26.7. The van der Waals surface area contributed by atoms with Crippen molar-refractivity contribution in [2.24, 2.45) is 0 Å². The van der Waals surface area contributed by atoms with Crippen LogP contribution >= 0.6 is 0 Å². The van der Waals surface area contributed by atoms with Crippen LogP contribution in [0.5, 0.6) is 11.5 Å². The molecule has 7 nitrogen and oxygen atoms in total. The Morgan fingerprint density at radius 3 is 2.39 bits per heavy atom. The van der Waals surface area contributed by atoms with E-state index in [0.29, 0.717) is 55.5 Å². The molecule has 0 unspecified atom stereocenters. The highest BCUT2D eigenvalue weighted by molar-refractivity contribution is 6.06. The van der Waals surface area contributed by atoms with E-state index >= 15 is 0 Å². The number of benzene rings is 2. The van der Waals surface area contributed by atoms with Crippen molar-refractivity contribution < 1.29 is 23.8 Å². The van der Waals surface area contributed by atoms with Gasteiger partial charge in [-0.1, -0.05) is 12.1 Å². The molecule has 0 saturated carbocycles. The van der Waals surface area contributed by atoms with E-state index in [0.717, 1.165) is 5.56 Å². The van der Waals surface area contributed by atoms with Crippen molar-refractivity contribution in [1.29, 1.82) is 0 Å². The van der Waals surface area contributed by atoms with Gasteiger partial charge in [0.15, 0.2) is 0 Å². The molecule has 148 valence electrons. The minimum absolute atomic E-state index is 0.0862. The number of nitrogens with zero attached hydrogens (tertiary/aromatic N) is 1. The second-order valence-electron chi connectivity index (χ2n) is 6.39. The van der Waals surface area contributed by atoms with Crippen molar-refractivity contribution in [3.63, 3.8) is 0 Å². The Bertz CT molecular complexity index is 829. The lowest BCUT2D eigenvalue weighted by Gasteiger charge is -2.26. The van der Waals surface area contributed by atoms with E-state index in [4.69, 9.17) is 14.2 Å². The molecule has 3 rings (SSSR count). The molecule has 1 aliphatic heterocycles. The number of hydrogen-bond donors (Lipinski definition) is 1. The number of nitrogens with one attached hydrogen (secondary N) is 1. The molecule has 1 aliphatic rings. The second-order valence-corrected chi connectivity index (χ2v) is 6.39. The molecule has 2 aromatic carbocycles. The van der Waals surface area contributed by atoms with Gasteiger partial charge in [-0.3, -0.25) is 9.59 Å². The SMILES string of the molecule is COc1ccc(C(=O)Nc2ccc(CC(=O)N3CCOCC3)cc2)c(OC)c1. The minimum Gasteiger partial charge on any atom is -0.497 e. The Morgan fingerprint density at radius 2 is 1.75 bits per heavy atom. The number of methoxy groups -OCH3 is 2. The van der Waals surface area contributed by atoms with Crippen molar-refractivity contribution in [2.45, 2.75) is 6.42 Å². The third kappa shape index (κ3) is 4.80. The first-order valence-electron chi connectivity index (χ1n) is 9.08. The molecule has 1 heterocycles. The van der Waals surface area contributed by atoms with E-state index in [9.17, 15) is 9.59 Å². The lowest BCUT2D eigenvalue weighted by Crippen LogP contribution is -2.41. The molecule has 1 N–H and O–H groups in total. The molecule has 2 amide bonds. The fraction of sp³-hybridized carbons (Fsp3) is 0.333. The number of morpholine rings is 1. The van der Waals surface area contributed by atoms with Crippen molar-refractivity contribution in [3.8, 4) is 11.5 Å². The highest BCUT2D eigenvalue weighted by atomic mass is 16.5. The maximum atomic E-state index is 12.6. The molecule has 0 aliphatic carbocycles. The van der Waals surface area contributed by atoms with Gasteiger partial charge in [0, 0.05) is 24.8 Å². The van der Waals surface area contributed by atoms with Crippen LogP contribution in [0.2, 0.25) is 0 Å². The molecule has 7 heteroatoms. The first-order valence-corrected chi connectivity index (χ1v) is 9.08. The van der Waals surface area contributed by atoms with Crippen LogP contribution in [0.15, 0.2) is 42.5 Å². The van der Waals surface area contributed by atoms with Gasteiger partial charge in [0.2, 0.25) is 5.91 Å². The summed E-state index contributed by atoms with van der Waals surface area (Å²) < 4.78 is 15.7. The number of carbonyl (C=O) groups is 2. The van der Waals surface area contributed by atoms with Gasteiger partial charge in [-0.15, -0.1) is 0 Å². The van der Waals surface area contributed by atoms with E-state index in [-0.39, 0.29) is 11.8 Å². The molecule has 0 bridgehead atoms. The summed E-state index contributed by atoms with van der Waals surface area (Å²) in [5.41, 5.74) is 1.96. The van der Waals surface area contributed by atoms with Gasteiger partial charge in [0.05, 0.1) is 39.4 Å². The summed E-state index contributed by atoms with van der Waals surface area (Å²) in [6.45, 7) is 2.45. The molecule has 1 saturated heterocycles. The van der Waals surface area contributed by atoms with Crippen LogP contribution in [0, 0.1) is 0 Å². The maximum Gasteiger partial charge on any atom is 0.259 e. The topological polar surface area (TPSA) is 77.1 Å². The summed E-state index contributed by atoms with van der Waals surface area (Å²) in [5, 5.41) is 2.84. The Morgan fingerprint density at radius 1 is 1.04 bits per heavy atom. The quantitative estimate of drug-likeness (QED) is 0.827. The molecule has 0 spiro atoms. The van der Waals surface area contributed by atoms with Crippen LogP contribution in [-0.2, 0) is 16.0 Å². The molecule has 0 radical (unpaired) electrons. The van der Waals surface area contributed by atoms with Gasteiger partial charge in [-0.2, -0.15) is 0 Å².